The van der Waals surface area contributed by atoms with E-state index in [-0.39, 0.29) is 25.0 Å². The molecule has 1 heterocycles. The summed E-state index contributed by atoms with van der Waals surface area (Å²) in [6.45, 7) is 0.324. The minimum atomic E-state index is -3.28. The molecule has 1 aliphatic rings. The van der Waals surface area contributed by atoms with E-state index >= 15 is 0 Å². The van der Waals surface area contributed by atoms with Gasteiger partial charge in [0.2, 0.25) is 0 Å². The van der Waals surface area contributed by atoms with E-state index in [9.17, 15) is 9.59 Å². The Labute approximate surface area is 81.9 Å². The summed E-state index contributed by atoms with van der Waals surface area (Å²) in [6.07, 6.45) is 0. The van der Waals surface area contributed by atoms with E-state index < -0.39 is 19.2 Å². The molecule has 1 rings (SSSR count). The van der Waals surface area contributed by atoms with E-state index in [1.807, 2.05) is 0 Å². The van der Waals surface area contributed by atoms with Gasteiger partial charge in [0, 0.05) is 0 Å². The van der Waals surface area contributed by atoms with E-state index in [0.29, 0.717) is 0 Å². The standard InChI is InChI=1S/C5H9NO4.2CH3.Sn/c1-6(2-4(7)8)3-5(9)10;;;/h2-3H2,1H3,(H,7,8)(H,9,10);2*1H3;/q;;;+2/p-2. The molecule has 5 nitrogen and oxygen atoms in total. The molecule has 13 heavy (non-hydrogen) atoms. The second-order valence-electron chi connectivity index (χ2n) is 3.52. The van der Waals surface area contributed by atoms with Crippen LogP contribution in [0.15, 0.2) is 0 Å². The van der Waals surface area contributed by atoms with Crippen molar-refractivity contribution in [2.75, 3.05) is 20.1 Å². The van der Waals surface area contributed by atoms with Gasteiger partial charge in [-0.15, -0.1) is 0 Å². The number of rotatable bonds is 0. The third-order valence-electron chi connectivity index (χ3n) is 1.52. The van der Waals surface area contributed by atoms with Gasteiger partial charge in [-0.3, -0.25) is 0 Å². The van der Waals surface area contributed by atoms with Crippen LogP contribution in [0.5, 0.6) is 0 Å². The fraction of sp³-hybridized carbons (Fsp3) is 0.714. The molecule has 0 atom stereocenters. The maximum atomic E-state index is 11.2. The van der Waals surface area contributed by atoms with Gasteiger partial charge in [0.25, 0.3) is 0 Å². The first-order valence-corrected chi connectivity index (χ1v) is 12.1. The van der Waals surface area contributed by atoms with Gasteiger partial charge in [0.15, 0.2) is 0 Å². The first-order valence-electron chi connectivity index (χ1n) is 4.01. The van der Waals surface area contributed by atoms with Crippen LogP contribution < -0.4 is 0 Å². The average molecular weight is 294 g/mol. The number of carbonyl (C=O) groups excluding carboxylic acids is 2. The van der Waals surface area contributed by atoms with E-state index in [1.165, 1.54) is 0 Å². The van der Waals surface area contributed by atoms with Gasteiger partial charge in [-0.2, -0.15) is 0 Å². The second-order valence-corrected chi connectivity index (χ2v) is 12.7. The maximum absolute atomic E-state index is 11.2. The third kappa shape index (κ3) is 3.51. The van der Waals surface area contributed by atoms with Crippen LogP contribution in [-0.2, 0) is 15.7 Å². The van der Waals surface area contributed by atoms with Gasteiger partial charge in [-0.25, -0.2) is 0 Å². The van der Waals surface area contributed by atoms with Crippen LogP contribution in [0.25, 0.3) is 0 Å². The predicted molar refractivity (Wildman–Crippen MR) is 47.2 cm³/mol. The van der Waals surface area contributed by atoms with E-state index in [1.54, 1.807) is 21.8 Å². The van der Waals surface area contributed by atoms with Crippen LogP contribution in [0.1, 0.15) is 0 Å². The Morgan fingerprint density at radius 2 is 1.54 bits per heavy atom. The summed E-state index contributed by atoms with van der Waals surface area (Å²) in [5, 5.41) is 0. The number of carbonyl (C=O) groups is 2. The second kappa shape index (κ2) is 3.83. The molecule has 0 saturated carbocycles. The van der Waals surface area contributed by atoms with E-state index in [0.717, 1.165) is 0 Å². The molecule has 0 amide bonds. The number of nitrogens with zero attached hydrogens (tertiary/aromatic N) is 1. The monoisotopic (exact) mass is 295 g/mol. The molecule has 0 aromatic heterocycles. The van der Waals surface area contributed by atoms with Gasteiger partial charge < -0.3 is 0 Å². The molecule has 0 radical (unpaired) electrons. The summed E-state index contributed by atoms with van der Waals surface area (Å²) in [5.74, 6) is -0.591. The summed E-state index contributed by atoms with van der Waals surface area (Å²) in [7, 11) is 1.68. The molecule has 1 saturated heterocycles. The molecule has 1 aliphatic heterocycles. The summed E-state index contributed by atoms with van der Waals surface area (Å²) in [5.41, 5.74) is 0. The molecule has 0 aromatic carbocycles. The number of hydrogen-bond acceptors (Lipinski definition) is 5. The van der Waals surface area contributed by atoms with Crippen LogP contribution in [0.2, 0.25) is 9.88 Å². The molecule has 0 N–H and O–H groups in total. The molecule has 6 heteroatoms. The Bertz CT molecular complexity index is 219. The molecular weight excluding hydrogens is 281 g/mol. The first kappa shape index (κ1) is 10.8. The normalized spacial score (nSPS) is 24.2. The van der Waals surface area contributed by atoms with Gasteiger partial charge in [0.05, 0.1) is 0 Å². The Morgan fingerprint density at radius 1 is 1.15 bits per heavy atom. The predicted octanol–water partition coefficient (Wildman–Crippen LogP) is -0.280. The average Bonchev–Trinajstić information content (AvgIpc) is 1.78. The summed E-state index contributed by atoms with van der Waals surface area (Å²) in [6, 6.07) is 0. The van der Waals surface area contributed by atoms with Crippen molar-refractivity contribution < 1.29 is 15.7 Å². The Morgan fingerprint density at radius 3 is 1.92 bits per heavy atom. The van der Waals surface area contributed by atoms with Gasteiger partial charge >= 0.3 is 81.8 Å². The fourth-order valence-electron chi connectivity index (χ4n) is 1.13. The quantitative estimate of drug-likeness (QED) is 0.575. The van der Waals surface area contributed by atoms with Gasteiger partial charge in [0.1, 0.15) is 0 Å². The summed E-state index contributed by atoms with van der Waals surface area (Å²) >= 11 is -3.28. The van der Waals surface area contributed by atoms with Gasteiger partial charge in [-0.1, -0.05) is 0 Å². The van der Waals surface area contributed by atoms with Crippen molar-refractivity contribution in [3.63, 3.8) is 0 Å². The molecule has 74 valence electrons. The van der Waals surface area contributed by atoms with Crippen LogP contribution in [-0.4, -0.2) is 56.2 Å². The molecule has 0 unspecified atom stereocenters. The Balaban J connectivity index is 2.70. The first-order chi connectivity index (χ1) is 5.89. The van der Waals surface area contributed by atoms with Crippen LogP contribution in [0, 0.1) is 0 Å². The zero-order valence-electron chi connectivity index (χ0n) is 7.99. The summed E-state index contributed by atoms with van der Waals surface area (Å²) in [4.78, 5) is 27.4. The van der Waals surface area contributed by atoms with Crippen LogP contribution in [0.4, 0.5) is 0 Å². The van der Waals surface area contributed by atoms with Crippen molar-refractivity contribution in [1.82, 2.24) is 4.90 Å². The van der Waals surface area contributed by atoms with Crippen molar-refractivity contribution >= 4 is 31.1 Å². The zero-order valence-corrected chi connectivity index (χ0v) is 10.8. The van der Waals surface area contributed by atoms with Crippen molar-refractivity contribution in [2.45, 2.75) is 9.88 Å². The van der Waals surface area contributed by atoms with Crippen LogP contribution >= 0.6 is 0 Å². The summed E-state index contributed by atoms with van der Waals surface area (Å²) < 4.78 is 10.2. The molecule has 0 aliphatic carbocycles. The van der Waals surface area contributed by atoms with E-state index in [4.69, 9.17) is 6.15 Å². The van der Waals surface area contributed by atoms with Crippen molar-refractivity contribution in [3.8, 4) is 0 Å². The van der Waals surface area contributed by atoms with Crippen molar-refractivity contribution in [1.29, 1.82) is 0 Å². The Kier molecular flexibility index (Phi) is 3.18. The number of hydrogen-bond donors (Lipinski definition) is 0. The van der Waals surface area contributed by atoms with Gasteiger partial charge in [-0.05, 0) is 0 Å². The molecular formula is C7H13NO4Sn. The van der Waals surface area contributed by atoms with Crippen molar-refractivity contribution in [3.05, 3.63) is 0 Å². The van der Waals surface area contributed by atoms with E-state index in [2.05, 4.69) is 0 Å². The SMILES string of the molecule is CN1CC(=O)[O][Sn]([CH3])([CH3])[O]C(=O)C1. The zero-order chi connectivity index (χ0) is 10.1. The fourth-order valence-corrected chi connectivity index (χ4v) is 4.75. The van der Waals surface area contributed by atoms with Crippen LogP contribution in [0.3, 0.4) is 0 Å². The molecule has 1 fully saturated rings. The number of likely N-dealkylation sites (N-methyl/N-ethyl adjacent to an activating group) is 1. The third-order valence-corrected chi connectivity index (χ3v) is 5.62. The minimum absolute atomic E-state index is 0.162. The van der Waals surface area contributed by atoms with Crippen molar-refractivity contribution in [2.24, 2.45) is 0 Å². The molecule has 0 bridgehead atoms. The molecule has 0 spiro atoms. The topological polar surface area (TPSA) is 55.8 Å². The Hall–Kier alpha value is -0.301. The molecule has 0 aromatic rings.